The van der Waals surface area contributed by atoms with Crippen molar-refractivity contribution in [3.05, 3.63) is 17.5 Å². The Morgan fingerprint density at radius 2 is 2.59 bits per heavy atom. The van der Waals surface area contributed by atoms with E-state index in [2.05, 4.69) is 16.8 Å². The lowest BCUT2D eigenvalue weighted by Crippen LogP contribution is -2.50. The van der Waals surface area contributed by atoms with Gasteiger partial charge in [-0.2, -0.15) is 0 Å². The van der Waals surface area contributed by atoms with E-state index in [0.717, 1.165) is 19.3 Å². The van der Waals surface area contributed by atoms with Crippen molar-refractivity contribution < 1.29 is 9.90 Å². The predicted octanol–water partition coefficient (Wildman–Crippen LogP) is 2.83. The van der Waals surface area contributed by atoms with Gasteiger partial charge in [0.25, 0.3) is 0 Å². The molecular weight excluding hydrogens is 254 g/mol. The van der Waals surface area contributed by atoms with Crippen molar-refractivity contribution in [3.63, 3.8) is 0 Å². The number of hydrogen-bond donors (Lipinski definition) is 2. The van der Waals surface area contributed by atoms with Gasteiger partial charge in [-0.05, 0) is 37.3 Å². The van der Waals surface area contributed by atoms with Crippen LogP contribution in [0.15, 0.2) is 21.7 Å². The minimum Gasteiger partial charge on any atom is -0.480 e. The number of carboxylic acids is 1. The van der Waals surface area contributed by atoms with Crippen molar-refractivity contribution in [2.24, 2.45) is 0 Å². The summed E-state index contributed by atoms with van der Waals surface area (Å²) in [7, 11) is 0. The molecule has 17 heavy (non-hydrogen) atoms. The zero-order valence-electron chi connectivity index (χ0n) is 9.81. The topological polar surface area (TPSA) is 49.3 Å². The van der Waals surface area contributed by atoms with Crippen molar-refractivity contribution in [2.45, 2.75) is 41.2 Å². The van der Waals surface area contributed by atoms with E-state index >= 15 is 0 Å². The van der Waals surface area contributed by atoms with Gasteiger partial charge in [-0.15, -0.1) is 23.1 Å². The Bertz CT molecular complexity index is 380. The van der Waals surface area contributed by atoms with E-state index in [9.17, 15) is 9.90 Å². The van der Waals surface area contributed by atoms with Crippen molar-refractivity contribution in [1.29, 1.82) is 0 Å². The first-order chi connectivity index (χ1) is 8.16. The normalized spacial score (nSPS) is 28.4. The summed E-state index contributed by atoms with van der Waals surface area (Å²) in [5.41, 5.74) is -0.691. The van der Waals surface area contributed by atoms with Crippen LogP contribution in [0.1, 0.15) is 26.2 Å². The number of likely N-dealkylation sites (N-methyl/N-ethyl adjacent to an activating group) is 1. The van der Waals surface area contributed by atoms with E-state index in [1.807, 2.05) is 24.8 Å². The van der Waals surface area contributed by atoms with E-state index in [0.29, 0.717) is 11.8 Å². The Labute approximate surface area is 110 Å². The molecule has 5 heteroatoms. The molecule has 1 heterocycles. The highest BCUT2D eigenvalue weighted by atomic mass is 32.2. The van der Waals surface area contributed by atoms with Gasteiger partial charge in [-0.25, -0.2) is 0 Å². The molecule has 0 radical (unpaired) electrons. The third kappa shape index (κ3) is 2.84. The van der Waals surface area contributed by atoms with E-state index in [-0.39, 0.29) is 0 Å². The number of hydrogen-bond acceptors (Lipinski definition) is 4. The summed E-state index contributed by atoms with van der Waals surface area (Å²) < 4.78 is 1.28. The van der Waals surface area contributed by atoms with Gasteiger partial charge in [-0.3, -0.25) is 4.79 Å². The minimum atomic E-state index is -0.700. The van der Waals surface area contributed by atoms with Crippen molar-refractivity contribution in [2.75, 3.05) is 6.54 Å². The molecule has 0 bridgehead atoms. The van der Waals surface area contributed by atoms with Crippen LogP contribution in [-0.2, 0) is 4.79 Å². The third-order valence-electron chi connectivity index (χ3n) is 3.17. The van der Waals surface area contributed by atoms with E-state index < -0.39 is 11.5 Å². The number of aliphatic carboxylic acids is 1. The molecule has 0 amide bonds. The maximum atomic E-state index is 11.4. The molecule has 0 aliphatic heterocycles. The van der Waals surface area contributed by atoms with Gasteiger partial charge < -0.3 is 10.4 Å². The molecule has 1 aliphatic carbocycles. The van der Waals surface area contributed by atoms with Gasteiger partial charge >= 0.3 is 5.97 Å². The quantitative estimate of drug-likeness (QED) is 0.864. The number of thioether (sulfide) groups is 1. The lowest BCUT2D eigenvalue weighted by Gasteiger charge is -2.25. The Morgan fingerprint density at radius 3 is 3.18 bits per heavy atom. The number of carboxylic acid groups (broad SMARTS) is 1. The molecule has 1 fully saturated rings. The van der Waals surface area contributed by atoms with Gasteiger partial charge in [0.15, 0.2) is 0 Å². The highest BCUT2D eigenvalue weighted by Gasteiger charge is 2.45. The van der Waals surface area contributed by atoms with Crippen LogP contribution in [0.2, 0.25) is 0 Å². The molecule has 94 valence electrons. The van der Waals surface area contributed by atoms with Gasteiger partial charge in [0, 0.05) is 5.25 Å². The van der Waals surface area contributed by atoms with Crippen molar-refractivity contribution in [1.82, 2.24) is 5.32 Å². The third-order valence-corrected chi connectivity index (χ3v) is 5.51. The number of thiophene rings is 1. The van der Waals surface area contributed by atoms with E-state index in [1.165, 1.54) is 4.21 Å². The second kappa shape index (κ2) is 5.42. The standard InChI is InChI=1S/C12H17NO2S2/c1-2-13-12(11(14)15)6-5-9(8-12)17-10-4-3-7-16-10/h3-4,7,9,13H,2,5-6,8H2,1H3,(H,14,15). The summed E-state index contributed by atoms with van der Waals surface area (Å²) in [6.07, 6.45) is 2.43. The molecule has 3 nitrogen and oxygen atoms in total. The SMILES string of the molecule is CCNC1(C(=O)O)CCC(Sc2cccs2)C1. The van der Waals surface area contributed by atoms with Gasteiger partial charge in [0.2, 0.25) is 0 Å². The molecule has 1 aromatic rings. The fraction of sp³-hybridized carbons (Fsp3) is 0.583. The lowest BCUT2D eigenvalue weighted by atomic mass is 9.98. The first-order valence-electron chi connectivity index (χ1n) is 5.85. The fourth-order valence-corrected chi connectivity index (χ4v) is 4.70. The van der Waals surface area contributed by atoms with Crippen LogP contribution in [0.4, 0.5) is 0 Å². The van der Waals surface area contributed by atoms with Crippen LogP contribution in [0, 0.1) is 0 Å². The first-order valence-corrected chi connectivity index (χ1v) is 7.61. The van der Waals surface area contributed by atoms with Crippen LogP contribution in [0.25, 0.3) is 0 Å². The molecular formula is C12H17NO2S2. The molecule has 2 unspecified atom stereocenters. The van der Waals surface area contributed by atoms with Crippen LogP contribution in [-0.4, -0.2) is 28.4 Å². The Kier molecular flexibility index (Phi) is 4.12. The summed E-state index contributed by atoms with van der Waals surface area (Å²) in [4.78, 5) is 11.4. The smallest absolute Gasteiger partial charge is 0.323 e. The highest BCUT2D eigenvalue weighted by molar-refractivity contribution is 8.01. The van der Waals surface area contributed by atoms with Crippen molar-refractivity contribution in [3.8, 4) is 0 Å². The van der Waals surface area contributed by atoms with Gasteiger partial charge in [-0.1, -0.05) is 13.0 Å². The van der Waals surface area contributed by atoms with Crippen LogP contribution < -0.4 is 5.32 Å². The number of rotatable bonds is 5. The largest absolute Gasteiger partial charge is 0.480 e. The molecule has 1 aromatic heterocycles. The van der Waals surface area contributed by atoms with Gasteiger partial charge in [0.05, 0.1) is 4.21 Å². The average Bonchev–Trinajstić information content (AvgIpc) is 2.90. The molecule has 2 rings (SSSR count). The summed E-state index contributed by atoms with van der Waals surface area (Å²) in [6.45, 7) is 2.67. The second-order valence-corrected chi connectivity index (χ2v) is 6.88. The zero-order valence-corrected chi connectivity index (χ0v) is 11.4. The Balaban J connectivity index is 1.99. The maximum absolute atomic E-state index is 11.4. The van der Waals surface area contributed by atoms with Crippen LogP contribution in [0.3, 0.4) is 0 Å². The highest BCUT2D eigenvalue weighted by Crippen LogP contribution is 2.41. The minimum absolute atomic E-state index is 0.420. The second-order valence-electron chi connectivity index (χ2n) is 4.33. The summed E-state index contributed by atoms with van der Waals surface area (Å²) >= 11 is 3.55. The average molecular weight is 271 g/mol. The molecule has 1 aliphatic rings. The molecule has 0 saturated heterocycles. The Morgan fingerprint density at radius 1 is 1.76 bits per heavy atom. The summed E-state index contributed by atoms with van der Waals surface area (Å²) in [5, 5.41) is 15.0. The summed E-state index contributed by atoms with van der Waals surface area (Å²) in [5.74, 6) is -0.700. The van der Waals surface area contributed by atoms with Crippen molar-refractivity contribution >= 4 is 29.1 Å². The van der Waals surface area contributed by atoms with E-state index in [1.54, 1.807) is 11.3 Å². The van der Waals surface area contributed by atoms with Crippen LogP contribution >= 0.6 is 23.1 Å². The lowest BCUT2D eigenvalue weighted by molar-refractivity contribution is -0.144. The monoisotopic (exact) mass is 271 g/mol. The first kappa shape index (κ1) is 12.9. The van der Waals surface area contributed by atoms with Crippen LogP contribution in [0.5, 0.6) is 0 Å². The summed E-state index contributed by atoms with van der Waals surface area (Å²) in [6, 6.07) is 4.14. The maximum Gasteiger partial charge on any atom is 0.323 e. The van der Waals surface area contributed by atoms with E-state index in [4.69, 9.17) is 0 Å². The molecule has 1 saturated carbocycles. The zero-order chi connectivity index (χ0) is 12.3. The Hall–Kier alpha value is -0.520. The predicted molar refractivity (Wildman–Crippen MR) is 71.9 cm³/mol. The van der Waals surface area contributed by atoms with Gasteiger partial charge in [0.1, 0.15) is 5.54 Å². The number of carbonyl (C=O) groups is 1. The molecule has 2 N–H and O–H groups in total. The molecule has 2 atom stereocenters. The number of nitrogens with one attached hydrogen (secondary N) is 1. The fourth-order valence-electron chi connectivity index (χ4n) is 2.36. The molecule has 0 spiro atoms. The molecule has 0 aromatic carbocycles.